The maximum Gasteiger partial charge on any atom is 0.430 e. The Balaban J connectivity index is 2.40. The third-order valence-corrected chi connectivity index (χ3v) is 3.97. The van der Waals surface area contributed by atoms with Gasteiger partial charge in [0.2, 0.25) is 0 Å². The number of hydrogen-bond acceptors (Lipinski definition) is 3. The van der Waals surface area contributed by atoms with Crippen LogP contribution in [0.1, 0.15) is 22.3 Å². The van der Waals surface area contributed by atoms with Crippen molar-refractivity contribution in [2.75, 3.05) is 0 Å². The monoisotopic (exact) mass is 420 g/mol. The molecule has 4 nitrogen and oxygen atoms in total. The Hall–Kier alpha value is -3.13. The Morgan fingerprint density at radius 2 is 1.62 bits per heavy atom. The first-order valence-electron chi connectivity index (χ1n) is 7.75. The summed E-state index contributed by atoms with van der Waals surface area (Å²) in [5.41, 5.74) is -8.16. The second-order valence-electron chi connectivity index (χ2n) is 5.86. The van der Waals surface area contributed by atoms with E-state index in [4.69, 9.17) is 5.26 Å². The molecule has 11 heteroatoms. The molecule has 0 radical (unpaired) electrons. The summed E-state index contributed by atoms with van der Waals surface area (Å²) in [5, 5.41) is 20.4. The molecule has 154 valence electrons. The average molecular weight is 420 g/mol. The Kier molecular flexibility index (Phi) is 5.89. The molecule has 0 aliphatic heterocycles. The minimum Gasteiger partial charge on any atom is -0.369 e. The highest BCUT2D eigenvalue weighted by Gasteiger charge is 2.60. The van der Waals surface area contributed by atoms with Gasteiger partial charge in [0.15, 0.2) is 0 Å². The van der Waals surface area contributed by atoms with E-state index in [0.717, 1.165) is 24.3 Å². The van der Waals surface area contributed by atoms with Crippen molar-refractivity contribution in [3.05, 3.63) is 70.5 Å². The molecule has 0 spiro atoms. The third-order valence-electron chi connectivity index (χ3n) is 3.97. The number of hydrogen-bond donors (Lipinski definition) is 2. The minimum atomic E-state index is -5.48. The second-order valence-corrected chi connectivity index (χ2v) is 5.86. The summed E-state index contributed by atoms with van der Waals surface area (Å²) >= 11 is 0. The zero-order valence-electron chi connectivity index (χ0n) is 14.2. The number of rotatable bonds is 4. The fraction of sp³-hybridized carbons (Fsp3) is 0.222. The zero-order chi connectivity index (χ0) is 22.0. The summed E-state index contributed by atoms with van der Waals surface area (Å²) in [6.07, 6.45) is -10.4. The SMILES string of the molecule is N#Cc1cc(C(F)(F)F)cc(CNC(=O)[C@@](O)(c2ccccc2)C(F)(F)F)c1F. The molecule has 1 amide bonds. The first kappa shape index (κ1) is 22.2. The molecule has 0 bridgehead atoms. The summed E-state index contributed by atoms with van der Waals surface area (Å²) in [4.78, 5) is 12.1. The van der Waals surface area contributed by atoms with Gasteiger partial charge in [0.1, 0.15) is 11.9 Å². The fourth-order valence-corrected chi connectivity index (χ4v) is 2.46. The van der Waals surface area contributed by atoms with E-state index in [1.165, 1.54) is 12.1 Å². The molecule has 1 atom stereocenters. The van der Waals surface area contributed by atoms with Gasteiger partial charge in [0, 0.05) is 17.7 Å². The number of halogens is 7. The quantitative estimate of drug-likeness (QED) is 0.740. The molecule has 2 N–H and O–H groups in total. The molecule has 0 aromatic heterocycles. The molecule has 0 saturated carbocycles. The summed E-state index contributed by atoms with van der Waals surface area (Å²) in [6.45, 7) is -1.13. The molecule has 0 fully saturated rings. The third kappa shape index (κ3) is 4.32. The van der Waals surface area contributed by atoms with E-state index in [0.29, 0.717) is 0 Å². The van der Waals surface area contributed by atoms with E-state index in [1.807, 2.05) is 0 Å². The molecule has 0 saturated heterocycles. The Morgan fingerprint density at radius 1 is 1.03 bits per heavy atom. The van der Waals surface area contributed by atoms with Gasteiger partial charge in [-0.15, -0.1) is 0 Å². The largest absolute Gasteiger partial charge is 0.430 e. The molecule has 2 aromatic rings. The van der Waals surface area contributed by atoms with Crippen LogP contribution in [0.3, 0.4) is 0 Å². The van der Waals surface area contributed by atoms with Crippen LogP contribution >= 0.6 is 0 Å². The number of carbonyl (C=O) groups excluding carboxylic acids is 1. The smallest absolute Gasteiger partial charge is 0.369 e. The van der Waals surface area contributed by atoms with Gasteiger partial charge >= 0.3 is 12.4 Å². The van der Waals surface area contributed by atoms with Crippen molar-refractivity contribution in [2.45, 2.75) is 24.5 Å². The Labute approximate surface area is 159 Å². The lowest BCUT2D eigenvalue weighted by atomic mass is 9.92. The molecule has 0 aliphatic rings. The van der Waals surface area contributed by atoms with Crippen LogP contribution in [-0.4, -0.2) is 17.2 Å². The highest BCUT2D eigenvalue weighted by atomic mass is 19.4. The normalized spacial score (nSPS) is 14.0. The summed E-state index contributed by atoms with van der Waals surface area (Å²) in [6, 6.07) is 6.93. The van der Waals surface area contributed by atoms with Crippen molar-refractivity contribution >= 4 is 5.91 Å². The fourth-order valence-electron chi connectivity index (χ4n) is 2.46. The van der Waals surface area contributed by atoms with E-state index in [2.05, 4.69) is 0 Å². The maximum absolute atomic E-state index is 14.1. The van der Waals surface area contributed by atoms with Crippen LogP contribution in [0.5, 0.6) is 0 Å². The molecular formula is C18H11F7N2O2. The first-order chi connectivity index (χ1) is 13.3. The Bertz CT molecular complexity index is 950. The number of benzene rings is 2. The second kappa shape index (κ2) is 7.71. The summed E-state index contributed by atoms with van der Waals surface area (Å²) in [7, 11) is 0. The summed E-state index contributed by atoms with van der Waals surface area (Å²) in [5.74, 6) is -3.46. The average Bonchev–Trinajstić information content (AvgIpc) is 2.65. The lowest BCUT2D eigenvalue weighted by molar-refractivity contribution is -0.257. The number of nitrogens with zero attached hydrogens (tertiary/aromatic N) is 1. The van der Waals surface area contributed by atoms with Crippen LogP contribution in [0.15, 0.2) is 42.5 Å². The minimum absolute atomic E-state index is 0.233. The summed E-state index contributed by atoms with van der Waals surface area (Å²) < 4.78 is 93.0. The molecule has 0 heterocycles. The van der Waals surface area contributed by atoms with Crippen molar-refractivity contribution in [3.63, 3.8) is 0 Å². The van der Waals surface area contributed by atoms with Gasteiger partial charge in [-0.1, -0.05) is 30.3 Å². The van der Waals surface area contributed by atoms with E-state index >= 15 is 0 Å². The molecule has 0 unspecified atom stereocenters. The first-order valence-corrected chi connectivity index (χ1v) is 7.75. The van der Waals surface area contributed by atoms with Crippen LogP contribution in [0.2, 0.25) is 0 Å². The number of nitrogens with one attached hydrogen (secondary N) is 1. The lowest BCUT2D eigenvalue weighted by Gasteiger charge is -2.29. The predicted octanol–water partition coefficient (Wildman–Crippen LogP) is 3.78. The van der Waals surface area contributed by atoms with Gasteiger partial charge in [-0.05, 0) is 12.1 Å². The number of carbonyl (C=O) groups is 1. The van der Waals surface area contributed by atoms with E-state index in [9.17, 15) is 40.6 Å². The van der Waals surface area contributed by atoms with Crippen LogP contribution in [0.25, 0.3) is 0 Å². The van der Waals surface area contributed by atoms with Gasteiger partial charge in [0.05, 0.1) is 11.1 Å². The highest BCUT2D eigenvalue weighted by Crippen LogP contribution is 2.39. The van der Waals surface area contributed by atoms with Gasteiger partial charge < -0.3 is 10.4 Å². The maximum atomic E-state index is 14.1. The van der Waals surface area contributed by atoms with Crippen LogP contribution in [0, 0.1) is 17.1 Å². The number of alkyl halides is 6. The van der Waals surface area contributed by atoms with Crippen LogP contribution < -0.4 is 5.32 Å². The van der Waals surface area contributed by atoms with Crippen molar-refractivity contribution in [1.29, 1.82) is 5.26 Å². The van der Waals surface area contributed by atoms with Gasteiger partial charge in [-0.25, -0.2) is 4.39 Å². The number of aliphatic hydroxyl groups is 1. The zero-order valence-corrected chi connectivity index (χ0v) is 14.2. The van der Waals surface area contributed by atoms with E-state index < -0.39 is 58.5 Å². The predicted molar refractivity (Wildman–Crippen MR) is 84.4 cm³/mol. The molecule has 0 aliphatic carbocycles. The van der Waals surface area contributed by atoms with Crippen LogP contribution in [0.4, 0.5) is 30.7 Å². The van der Waals surface area contributed by atoms with E-state index in [1.54, 1.807) is 5.32 Å². The van der Waals surface area contributed by atoms with Crippen molar-refractivity contribution in [3.8, 4) is 6.07 Å². The molecule has 2 aromatic carbocycles. The Morgan fingerprint density at radius 3 is 2.10 bits per heavy atom. The van der Waals surface area contributed by atoms with Gasteiger partial charge in [-0.2, -0.15) is 31.6 Å². The highest BCUT2D eigenvalue weighted by molar-refractivity contribution is 5.87. The van der Waals surface area contributed by atoms with Gasteiger partial charge in [-0.3, -0.25) is 4.79 Å². The van der Waals surface area contributed by atoms with Crippen molar-refractivity contribution < 1.29 is 40.6 Å². The molecule has 29 heavy (non-hydrogen) atoms. The number of nitriles is 1. The van der Waals surface area contributed by atoms with Gasteiger partial charge in [0.25, 0.3) is 11.5 Å². The van der Waals surface area contributed by atoms with Crippen LogP contribution in [-0.2, 0) is 23.1 Å². The topological polar surface area (TPSA) is 73.1 Å². The molecule has 2 rings (SSSR count). The lowest BCUT2D eigenvalue weighted by Crippen LogP contribution is -2.54. The van der Waals surface area contributed by atoms with Crippen molar-refractivity contribution in [1.82, 2.24) is 5.32 Å². The molecular weight excluding hydrogens is 409 g/mol. The number of amides is 1. The van der Waals surface area contributed by atoms with E-state index in [-0.39, 0.29) is 12.1 Å². The standard InChI is InChI=1S/C18H11F7N2O2/c19-14-10(8-26)6-13(17(20,21)22)7-11(14)9-27-15(28)16(29,18(23,24)25)12-4-2-1-3-5-12/h1-7,29H,9H2,(H,27,28)/t16-/m0/s1. The van der Waals surface area contributed by atoms with Crippen molar-refractivity contribution in [2.24, 2.45) is 0 Å².